The lowest BCUT2D eigenvalue weighted by Gasteiger charge is -2.35. The van der Waals surface area contributed by atoms with Crippen LogP contribution < -0.4 is 16.0 Å². The smallest absolute Gasteiger partial charge is 0.235 e. The molecule has 0 bridgehead atoms. The van der Waals surface area contributed by atoms with Gasteiger partial charge in [0.25, 0.3) is 0 Å². The van der Waals surface area contributed by atoms with Crippen molar-refractivity contribution in [3.8, 4) is 11.4 Å². The number of amides is 1. The van der Waals surface area contributed by atoms with Crippen LogP contribution in [0.4, 0.5) is 10.1 Å². The molecule has 3 aliphatic rings. The minimum absolute atomic E-state index is 0.0274. The first kappa shape index (κ1) is 27.8. The first-order valence-electron chi connectivity index (χ1n) is 13.9. The second-order valence-electron chi connectivity index (χ2n) is 12.1. The van der Waals surface area contributed by atoms with Gasteiger partial charge >= 0.3 is 0 Å². The maximum absolute atomic E-state index is 13.9. The molecule has 3 N–H and O–H groups in total. The molecule has 212 valence electrons. The number of carbonyl (C=O) groups excluding carboxylic acids is 1. The zero-order chi connectivity index (χ0) is 28.5. The molecule has 0 saturated carbocycles. The summed E-state index contributed by atoms with van der Waals surface area (Å²) < 4.78 is 13.9. The molecule has 1 amide bonds. The molecule has 0 unspecified atom stereocenters. The van der Waals surface area contributed by atoms with Gasteiger partial charge in [-0.15, -0.1) is 0 Å². The number of amidine groups is 1. The highest BCUT2D eigenvalue weighted by atomic mass is 19.1. The van der Waals surface area contributed by atoms with Crippen molar-refractivity contribution in [2.45, 2.75) is 65.3 Å². The molecule has 5 heterocycles. The highest BCUT2D eigenvalue weighted by molar-refractivity contribution is 5.97. The van der Waals surface area contributed by atoms with E-state index in [0.29, 0.717) is 23.6 Å². The van der Waals surface area contributed by atoms with Gasteiger partial charge in [-0.05, 0) is 59.1 Å². The molecular formula is C29H38FN9O. The number of halogens is 1. The van der Waals surface area contributed by atoms with Crippen LogP contribution in [0.1, 0.15) is 65.5 Å². The van der Waals surface area contributed by atoms with Gasteiger partial charge in [-0.2, -0.15) is 0 Å². The second-order valence-corrected chi connectivity index (χ2v) is 12.1. The van der Waals surface area contributed by atoms with Crippen molar-refractivity contribution >= 4 is 23.8 Å². The van der Waals surface area contributed by atoms with Crippen molar-refractivity contribution in [2.24, 2.45) is 15.4 Å². The Kier molecular flexibility index (Phi) is 7.67. The third kappa shape index (κ3) is 6.04. The second kappa shape index (κ2) is 11.0. The number of piperidine rings is 1. The molecule has 5 rings (SSSR count). The summed E-state index contributed by atoms with van der Waals surface area (Å²) in [5.41, 5.74) is 2.78. The van der Waals surface area contributed by atoms with Crippen molar-refractivity contribution in [1.82, 2.24) is 30.5 Å². The molecule has 0 atom stereocenters. The maximum Gasteiger partial charge on any atom is 0.235 e. The normalized spacial score (nSPS) is 19.3. The summed E-state index contributed by atoms with van der Waals surface area (Å²) in [7, 11) is 0. The van der Waals surface area contributed by atoms with E-state index in [1.165, 1.54) is 12.3 Å². The van der Waals surface area contributed by atoms with Crippen LogP contribution in [0.25, 0.3) is 11.4 Å². The molecular weight excluding hydrogens is 509 g/mol. The van der Waals surface area contributed by atoms with Crippen LogP contribution in [-0.4, -0.2) is 69.7 Å². The van der Waals surface area contributed by atoms with E-state index in [1.54, 1.807) is 18.7 Å². The number of hydrogen-bond acceptors (Lipinski definition) is 9. The van der Waals surface area contributed by atoms with Crippen LogP contribution in [0.2, 0.25) is 0 Å². The molecule has 10 nitrogen and oxygen atoms in total. The van der Waals surface area contributed by atoms with Gasteiger partial charge < -0.3 is 20.9 Å². The standard InChI is InChI=1S/C29H38FN9O/c1-28(2,3)36-9-8-32-22-16-33-25(19-12-20(30)15-31-14-19)37-24(22)18-6-10-39(11-7-18)23-13-21-26(35-17-34-23)38-27(40)29(21,4)5/h12,14-18,32,36H,6-11,13H2,1-5H3,(H,38,40). The van der Waals surface area contributed by atoms with E-state index in [4.69, 9.17) is 4.98 Å². The van der Waals surface area contributed by atoms with Gasteiger partial charge in [0.1, 0.15) is 23.8 Å². The minimum atomic E-state index is -0.609. The SMILES string of the molecule is CC(C)(C)NCCNc1cnc(-c2cncc(F)c2)nc1C1CCN(C2=NC=NC3=C(C2)C(C)(C)C(=O)N3)CC1. The van der Waals surface area contributed by atoms with E-state index in [0.717, 1.165) is 61.8 Å². The molecule has 1 saturated heterocycles. The van der Waals surface area contributed by atoms with Crippen LogP contribution in [0.5, 0.6) is 0 Å². The fraction of sp³-hybridized carbons (Fsp3) is 0.517. The monoisotopic (exact) mass is 547 g/mol. The number of aliphatic imine (C=N–C) groups is 2. The lowest BCUT2D eigenvalue weighted by molar-refractivity contribution is -0.125. The van der Waals surface area contributed by atoms with Gasteiger partial charge in [0.05, 0.1) is 29.2 Å². The minimum Gasteiger partial charge on any atom is -0.381 e. The van der Waals surface area contributed by atoms with Gasteiger partial charge in [0.2, 0.25) is 5.91 Å². The summed E-state index contributed by atoms with van der Waals surface area (Å²) in [5.74, 6) is 1.77. The maximum atomic E-state index is 13.9. The van der Waals surface area contributed by atoms with Crippen molar-refractivity contribution in [3.05, 3.63) is 47.6 Å². The molecule has 2 aromatic heterocycles. The Morgan fingerprint density at radius 3 is 2.65 bits per heavy atom. The van der Waals surface area contributed by atoms with E-state index in [2.05, 4.69) is 61.6 Å². The number of likely N-dealkylation sites (tertiary alicyclic amines) is 1. The fourth-order valence-electron chi connectivity index (χ4n) is 5.30. The molecule has 0 aromatic carbocycles. The Balaban J connectivity index is 1.32. The summed E-state index contributed by atoms with van der Waals surface area (Å²) in [6, 6.07) is 1.41. The summed E-state index contributed by atoms with van der Waals surface area (Å²) >= 11 is 0. The average molecular weight is 548 g/mol. The van der Waals surface area contributed by atoms with Crippen molar-refractivity contribution in [2.75, 3.05) is 31.5 Å². The molecule has 1 fully saturated rings. The van der Waals surface area contributed by atoms with E-state index >= 15 is 0 Å². The molecule has 3 aliphatic heterocycles. The first-order valence-corrected chi connectivity index (χ1v) is 13.9. The average Bonchev–Trinajstić information content (AvgIpc) is 3.04. The molecule has 2 aromatic rings. The highest BCUT2D eigenvalue weighted by Crippen LogP contribution is 2.39. The summed E-state index contributed by atoms with van der Waals surface area (Å²) in [5, 5.41) is 9.90. The number of anilines is 1. The predicted octanol–water partition coefficient (Wildman–Crippen LogP) is 3.86. The Hall–Kier alpha value is -3.73. The number of pyridine rings is 1. The lowest BCUT2D eigenvalue weighted by atomic mass is 9.83. The largest absolute Gasteiger partial charge is 0.381 e. The number of hydrogen-bond donors (Lipinski definition) is 3. The van der Waals surface area contributed by atoms with Crippen LogP contribution in [0.3, 0.4) is 0 Å². The number of nitrogens with one attached hydrogen (secondary N) is 3. The Morgan fingerprint density at radius 2 is 1.93 bits per heavy atom. The van der Waals surface area contributed by atoms with Gasteiger partial charge in [0.15, 0.2) is 5.82 Å². The predicted molar refractivity (Wildman–Crippen MR) is 155 cm³/mol. The van der Waals surface area contributed by atoms with Crippen molar-refractivity contribution in [3.63, 3.8) is 0 Å². The van der Waals surface area contributed by atoms with E-state index < -0.39 is 11.2 Å². The highest BCUT2D eigenvalue weighted by Gasteiger charge is 2.42. The first-order chi connectivity index (χ1) is 19.0. The Bertz CT molecular complexity index is 1370. The van der Waals surface area contributed by atoms with Crippen molar-refractivity contribution in [1.29, 1.82) is 0 Å². The molecule has 0 aliphatic carbocycles. The zero-order valence-corrected chi connectivity index (χ0v) is 23.9. The molecule has 0 radical (unpaired) electrons. The lowest BCUT2D eigenvalue weighted by Crippen LogP contribution is -2.40. The summed E-state index contributed by atoms with van der Waals surface area (Å²) in [6.07, 6.45) is 8.44. The topological polar surface area (TPSA) is 120 Å². The van der Waals surface area contributed by atoms with Crippen LogP contribution in [0.15, 0.2) is 46.0 Å². The third-order valence-electron chi connectivity index (χ3n) is 7.69. The quantitative estimate of drug-likeness (QED) is 0.470. The van der Waals surface area contributed by atoms with Gasteiger partial charge in [-0.25, -0.2) is 24.3 Å². The third-order valence-corrected chi connectivity index (χ3v) is 7.69. The Morgan fingerprint density at radius 1 is 1.15 bits per heavy atom. The Labute approximate surface area is 234 Å². The fourth-order valence-corrected chi connectivity index (χ4v) is 5.30. The van der Waals surface area contributed by atoms with Gasteiger partial charge in [0, 0.05) is 55.8 Å². The van der Waals surface area contributed by atoms with E-state index in [9.17, 15) is 9.18 Å². The van der Waals surface area contributed by atoms with Crippen LogP contribution in [0, 0.1) is 11.2 Å². The summed E-state index contributed by atoms with van der Waals surface area (Å²) in [6.45, 7) is 13.4. The van der Waals surface area contributed by atoms with E-state index in [1.807, 2.05) is 13.8 Å². The number of carbonyl (C=O) groups is 1. The van der Waals surface area contributed by atoms with E-state index in [-0.39, 0.29) is 17.4 Å². The number of rotatable bonds is 6. The van der Waals surface area contributed by atoms with Crippen LogP contribution in [-0.2, 0) is 4.79 Å². The summed E-state index contributed by atoms with van der Waals surface area (Å²) in [4.78, 5) is 37.2. The number of aromatic nitrogens is 3. The zero-order valence-electron chi connectivity index (χ0n) is 23.9. The van der Waals surface area contributed by atoms with Gasteiger partial charge in [-0.3, -0.25) is 9.78 Å². The van der Waals surface area contributed by atoms with Crippen LogP contribution >= 0.6 is 0 Å². The van der Waals surface area contributed by atoms with Crippen molar-refractivity contribution < 1.29 is 9.18 Å². The molecule has 40 heavy (non-hydrogen) atoms. The number of nitrogens with zero attached hydrogens (tertiary/aromatic N) is 6. The van der Waals surface area contributed by atoms with Gasteiger partial charge in [-0.1, -0.05) is 0 Å². The molecule has 11 heteroatoms. The molecule has 0 spiro atoms.